The molecule has 0 heterocycles. The minimum absolute atomic E-state index is 0.0959. The van der Waals surface area contributed by atoms with Gasteiger partial charge in [-0.15, -0.1) is 0 Å². The van der Waals surface area contributed by atoms with Crippen LogP contribution in [0.3, 0.4) is 0 Å². The summed E-state index contributed by atoms with van der Waals surface area (Å²) in [6, 6.07) is 3.99. The van der Waals surface area contributed by atoms with Gasteiger partial charge in [-0.25, -0.2) is 0 Å². The summed E-state index contributed by atoms with van der Waals surface area (Å²) in [7, 11) is 3.14. The lowest BCUT2D eigenvalue weighted by Crippen LogP contribution is -2.32. The average Bonchev–Trinajstić information content (AvgIpc) is 2.31. The molecule has 1 aromatic carbocycles. The molecule has 0 atom stereocenters. The van der Waals surface area contributed by atoms with Crippen LogP contribution in [0.15, 0.2) is 18.2 Å². The van der Waals surface area contributed by atoms with Gasteiger partial charge in [0.2, 0.25) is 11.7 Å². The van der Waals surface area contributed by atoms with E-state index in [1.165, 1.54) is 19.2 Å². The first-order valence-corrected chi connectivity index (χ1v) is 5.26. The molecule has 1 N–H and O–H groups in total. The smallest absolute Gasteiger partial charge is 0.305 e. The molecule has 0 aromatic heterocycles. The zero-order valence-corrected chi connectivity index (χ0v) is 10.1. The SMILES string of the molecule is CNC(=O)CN(C)Cc1cccc([N+](=O)[O-])c1F. The molecule has 0 unspecified atom stereocenters. The summed E-state index contributed by atoms with van der Waals surface area (Å²) in [5, 5.41) is 13.0. The molecule has 0 aliphatic carbocycles. The van der Waals surface area contributed by atoms with E-state index in [2.05, 4.69) is 5.32 Å². The normalized spacial score (nSPS) is 10.4. The number of carbonyl (C=O) groups excluding carboxylic acids is 1. The van der Waals surface area contributed by atoms with Gasteiger partial charge in [0.1, 0.15) is 0 Å². The van der Waals surface area contributed by atoms with Crippen LogP contribution < -0.4 is 5.32 Å². The first-order chi connectivity index (χ1) is 8.45. The fourth-order valence-electron chi connectivity index (χ4n) is 1.50. The van der Waals surface area contributed by atoms with E-state index in [0.717, 1.165) is 6.07 Å². The number of nitro groups is 1. The van der Waals surface area contributed by atoms with Gasteiger partial charge >= 0.3 is 5.69 Å². The molecule has 1 rings (SSSR count). The summed E-state index contributed by atoms with van der Waals surface area (Å²) in [4.78, 5) is 22.5. The van der Waals surface area contributed by atoms with Gasteiger partial charge in [0.05, 0.1) is 11.5 Å². The molecule has 0 saturated carbocycles. The van der Waals surface area contributed by atoms with E-state index in [1.54, 1.807) is 11.9 Å². The lowest BCUT2D eigenvalue weighted by molar-refractivity contribution is -0.387. The molecule has 0 radical (unpaired) electrons. The summed E-state index contributed by atoms with van der Waals surface area (Å²) in [5.74, 6) is -1.06. The van der Waals surface area contributed by atoms with Crippen LogP contribution in [0.25, 0.3) is 0 Å². The van der Waals surface area contributed by atoms with Crippen molar-refractivity contribution in [1.29, 1.82) is 0 Å². The Bertz CT molecular complexity index is 465. The largest absolute Gasteiger partial charge is 0.358 e. The summed E-state index contributed by atoms with van der Waals surface area (Å²) < 4.78 is 13.7. The predicted molar refractivity (Wildman–Crippen MR) is 63.5 cm³/mol. The average molecular weight is 255 g/mol. The molecule has 0 saturated heterocycles. The molecule has 0 bridgehead atoms. The van der Waals surface area contributed by atoms with Crippen LogP contribution >= 0.6 is 0 Å². The molecule has 0 spiro atoms. The van der Waals surface area contributed by atoms with Crippen molar-refractivity contribution in [3.05, 3.63) is 39.7 Å². The fraction of sp³-hybridized carbons (Fsp3) is 0.364. The summed E-state index contributed by atoms with van der Waals surface area (Å²) in [6.45, 7) is 0.222. The molecule has 18 heavy (non-hydrogen) atoms. The Labute approximate surface area is 104 Å². The van der Waals surface area contributed by atoms with Crippen molar-refractivity contribution in [2.75, 3.05) is 20.6 Å². The van der Waals surface area contributed by atoms with E-state index >= 15 is 0 Å². The van der Waals surface area contributed by atoms with Gasteiger partial charge in [-0.1, -0.05) is 12.1 Å². The summed E-state index contributed by atoms with van der Waals surface area (Å²) in [6.07, 6.45) is 0. The molecule has 6 nitrogen and oxygen atoms in total. The molecular weight excluding hydrogens is 241 g/mol. The number of rotatable bonds is 5. The number of carbonyl (C=O) groups is 1. The van der Waals surface area contributed by atoms with E-state index < -0.39 is 16.4 Å². The highest BCUT2D eigenvalue weighted by atomic mass is 19.1. The van der Waals surface area contributed by atoms with Crippen LogP contribution in [-0.4, -0.2) is 36.4 Å². The summed E-state index contributed by atoms with van der Waals surface area (Å²) >= 11 is 0. The molecule has 7 heteroatoms. The highest BCUT2D eigenvalue weighted by molar-refractivity contribution is 5.77. The quantitative estimate of drug-likeness (QED) is 0.627. The van der Waals surface area contributed by atoms with Gasteiger partial charge in [-0.05, 0) is 7.05 Å². The minimum Gasteiger partial charge on any atom is -0.358 e. The van der Waals surface area contributed by atoms with Crippen molar-refractivity contribution < 1.29 is 14.1 Å². The Kier molecular flexibility index (Phi) is 4.73. The second kappa shape index (κ2) is 6.06. The second-order valence-corrected chi connectivity index (χ2v) is 3.85. The van der Waals surface area contributed by atoms with Gasteiger partial charge in [0, 0.05) is 25.2 Å². The third kappa shape index (κ3) is 3.49. The highest BCUT2D eigenvalue weighted by Gasteiger charge is 2.18. The van der Waals surface area contributed by atoms with Crippen molar-refractivity contribution >= 4 is 11.6 Å². The zero-order chi connectivity index (χ0) is 13.7. The maximum absolute atomic E-state index is 13.7. The number of hydrogen-bond donors (Lipinski definition) is 1. The maximum atomic E-state index is 13.7. The van der Waals surface area contributed by atoms with Crippen LogP contribution in [0.2, 0.25) is 0 Å². The molecule has 0 aliphatic rings. The first kappa shape index (κ1) is 14.0. The molecular formula is C11H14FN3O3. The van der Waals surface area contributed by atoms with Gasteiger partial charge in [-0.3, -0.25) is 19.8 Å². The van der Waals surface area contributed by atoms with Gasteiger partial charge < -0.3 is 5.32 Å². The zero-order valence-electron chi connectivity index (χ0n) is 10.1. The number of hydrogen-bond acceptors (Lipinski definition) is 4. The Morgan fingerprint density at radius 2 is 2.22 bits per heavy atom. The lowest BCUT2D eigenvalue weighted by Gasteiger charge is -2.15. The van der Waals surface area contributed by atoms with E-state index in [4.69, 9.17) is 0 Å². The Morgan fingerprint density at radius 3 is 2.78 bits per heavy atom. The van der Waals surface area contributed by atoms with Crippen molar-refractivity contribution in [3.8, 4) is 0 Å². The molecule has 0 aliphatic heterocycles. The summed E-state index contributed by atoms with van der Waals surface area (Å²) in [5.41, 5.74) is -0.364. The standard InChI is InChI=1S/C11H14FN3O3/c1-13-10(16)7-14(2)6-8-4-3-5-9(11(8)12)15(17)18/h3-5H,6-7H2,1-2H3,(H,13,16). The van der Waals surface area contributed by atoms with Gasteiger partial charge in [0.15, 0.2) is 0 Å². The molecule has 0 fully saturated rings. The number of nitrogens with one attached hydrogen (secondary N) is 1. The third-order valence-electron chi connectivity index (χ3n) is 2.39. The van der Waals surface area contributed by atoms with Crippen LogP contribution in [0.4, 0.5) is 10.1 Å². The molecule has 1 amide bonds. The van der Waals surface area contributed by atoms with Gasteiger partial charge in [-0.2, -0.15) is 4.39 Å². The molecule has 98 valence electrons. The second-order valence-electron chi connectivity index (χ2n) is 3.85. The third-order valence-corrected chi connectivity index (χ3v) is 2.39. The first-order valence-electron chi connectivity index (χ1n) is 5.26. The van der Waals surface area contributed by atoms with Crippen LogP contribution in [-0.2, 0) is 11.3 Å². The van der Waals surface area contributed by atoms with E-state index in [-0.39, 0.29) is 24.6 Å². The van der Waals surface area contributed by atoms with Crippen LogP contribution in [0.1, 0.15) is 5.56 Å². The number of likely N-dealkylation sites (N-methyl/N-ethyl adjacent to an activating group) is 2. The maximum Gasteiger partial charge on any atom is 0.305 e. The van der Waals surface area contributed by atoms with Crippen molar-refractivity contribution in [3.63, 3.8) is 0 Å². The number of benzene rings is 1. The highest BCUT2D eigenvalue weighted by Crippen LogP contribution is 2.20. The number of nitro benzene ring substituents is 1. The van der Waals surface area contributed by atoms with Crippen LogP contribution in [0.5, 0.6) is 0 Å². The Balaban J connectivity index is 2.82. The monoisotopic (exact) mass is 255 g/mol. The number of amides is 1. The topological polar surface area (TPSA) is 75.5 Å². The number of halogens is 1. The van der Waals surface area contributed by atoms with Crippen molar-refractivity contribution in [2.24, 2.45) is 0 Å². The number of nitrogens with zero attached hydrogens (tertiary/aromatic N) is 2. The Morgan fingerprint density at radius 1 is 1.56 bits per heavy atom. The molecule has 1 aromatic rings. The minimum atomic E-state index is -0.855. The Hall–Kier alpha value is -2.02. The fourth-order valence-corrected chi connectivity index (χ4v) is 1.50. The van der Waals surface area contributed by atoms with Gasteiger partial charge in [0.25, 0.3) is 0 Å². The van der Waals surface area contributed by atoms with Crippen molar-refractivity contribution in [1.82, 2.24) is 10.2 Å². The van der Waals surface area contributed by atoms with E-state index in [0.29, 0.717) is 0 Å². The van der Waals surface area contributed by atoms with Crippen molar-refractivity contribution in [2.45, 2.75) is 6.54 Å². The van der Waals surface area contributed by atoms with Crippen LogP contribution in [0, 0.1) is 15.9 Å². The van der Waals surface area contributed by atoms with E-state index in [1.807, 2.05) is 0 Å². The van der Waals surface area contributed by atoms with E-state index in [9.17, 15) is 19.3 Å². The predicted octanol–water partition coefficient (Wildman–Crippen LogP) is 0.912. The lowest BCUT2D eigenvalue weighted by atomic mass is 10.1.